The Hall–Kier alpha value is -1.88. The lowest BCUT2D eigenvalue weighted by Crippen LogP contribution is -2.45. The molecule has 0 unspecified atom stereocenters. The summed E-state index contributed by atoms with van der Waals surface area (Å²) in [7, 11) is 0. The van der Waals surface area contributed by atoms with Crippen LogP contribution in [0.5, 0.6) is 0 Å². The quantitative estimate of drug-likeness (QED) is 0.689. The molecule has 0 aliphatic heterocycles. The van der Waals surface area contributed by atoms with Gasteiger partial charge in [0.25, 0.3) is 0 Å². The second kappa shape index (κ2) is 8.67. The monoisotopic (exact) mass is 319 g/mol. The Morgan fingerprint density at radius 1 is 1.13 bits per heavy atom. The number of anilines is 1. The van der Waals surface area contributed by atoms with E-state index in [0.717, 1.165) is 24.1 Å². The van der Waals surface area contributed by atoms with Crippen molar-refractivity contribution in [2.45, 2.75) is 47.1 Å². The van der Waals surface area contributed by atoms with Crippen LogP contribution in [0.15, 0.2) is 24.3 Å². The molecular formula is C18H29N3O2. The number of hydrogen-bond donors (Lipinski definition) is 3. The number of hydrogen-bond acceptors (Lipinski definition) is 3. The van der Waals surface area contributed by atoms with E-state index in [1.165, 1.54) is 0 Å². The number of nitrogens with two attached hydrogens (primary N) is 1. The summed E-state index contributed by atoms with van der Waals surface area (Å²) in [6.07, 6.45) is 1.46. The zero-order valence-electron chi connectivity index (χ0n) is 14.6. The zero-order valence-corrected chi connectivity index (χ0v) is 14.6. The molecule has 5 nitrogen and oxygen atoms in total. The minimum absolute atomic E-state index is 0.00203. The molecule has 1 aromatic carbocycles. The summed E-state index contributed by atoms with van der Waals surface area (Å²) in [6.45, 7) is 8.49. The van der Waals surface area contributed by atoms with Gasteiger partial charge < -0.3 is 16.4 Å². The molecule has 0 radical (unpaired) electrons. The van der Waals surface area contributed by atoms with E-state index in [2.05, 4.69) is 10.6 Å². The summed E-state index contributed by atoms with van der Waals surface area (Å²) >= 11 is 0. The molecule has 5 heteroatoms. The fraction of sp³-hybridized carbons (Fsp3) is 0.556. The molecule has 128 valence electrons. The van der Waals surface area contributed by atoms with Crippen LogP contribution in [0.4, 0.5) is 5.69 Å². The van der Waals surface area contributed by atoms with Crippen LogP contribution in [0.2, 0.25) is 0 Å². The largest absolute Gasteiger partial charge is 0.352 e. The SMILES string of the molecule is CCC(CC)(CN)C(=O)NCc1ccc(NC(=O)C(C)C)cc1. The van der Waals surface area contributed by atoms with Gasteiger partial charge in [0.05, 0.1) is 5.41 Å². The first kappa shape index (κ1) is 19.2. The lowest BCUT2D eigenvalue weighted by molar-refractivity contribution is -0.131. The Bertz CT molecular complexity index is 511. The van der Waals surface area contributed by atoms with Gasteiger partial charge in [0.2, 0.25) is 11.8 Å². The molecule has 0 saturated heterocycles. The van der Waals surface area contributed by atoms with E-state index < -0.39 is 5.41 Å². The molecule has 23 heavy (non-hydrogen) atoms. The van der Waals surface area contributed by atoms with Crippen molar-refractivity contribution < 1.29 is 9.59 Å². The molecular weight excluding hydrogens is 290 g/mol. The van der Waals surface area contributed by atoms with Gasteiger partial charge >= 0.3 is 0 Å². The first-order chi connectivity index (χ1) is 10.9. The summed E-state index contributed by atoms with van der Waals surface area (Å²) in [6, 6.07) is 7.49. The average molecular weight is 319 g/mol. The first-order valence-corrected chi connectivity index (χ1v) is 8.26. The van der Waals surface area contributed by atoms with E-state index in [-0.39, 0.29) is 17.7 Å². The van der Waals surface area contributed by atoms with Gasteiger partial charge in [0.15, 0.2) is 0 Å². The molecule has 0 spiro atoms. The van der Waals surface area contributed by atoms with Gasteiger partial charge in [-0.1, -0.05) is 39.8 Å². The Labute approximate surface area is 139 Å². The number of nitrogens with one attached hydrogen (secondary N) is 2. The van der Waals surface area contributed by atoms with Crippen molar-refractivity contribution in [3.8, 4) is 0 Å². The molecule has 1 aromatic rings. The number of amides is 2. The normalized spacial score (nSPS) is 11.4. The molecule has 2 amide bonds. The second-order valence-electron chi connectivity index (χ2n) is 6.22. The van der Waals surface area contributed by atoms with Gasteiger partial charge in [-0.05, 0) is 30.5 Å². The standard InChI is InChI=1S/C18H29N3O2/c1-5-18(6-2,12-19)17(23)20-11-14-7-9-15(10-8-14)21-16(22)13(3)4/h7-10,13H,5-6,11-12,19H2,1-4H3,(H,20,23)(H,21,22). The number of carbonyl (C=O) groups excluding carboxylic acids is 2. The molecule has 0 aromatic heterocycles. The van der Waals surface area contributed by atoms with Crippen LogP contribution in [-0.2, 0) is 16.1 Å². The lowest BCUT2D eigenvalue weighted by Gasteiger charge is -2.28. The summed E-state index contributed by atoms with van der Waals surface area (Å²) in [5, 5.41) is 5.81. The van der Waals surface area contributed by atoms with Gasteiger partial charge in [-0.2, -0.15) is 0 Å². The third-order valence-corrected chi connectivity index (χ3v) is 4.42. The third kappa shape index (κ3) is 5.06. The van der Waals surface area contributed by atoms with E-state index in [1.54, 1.807) is 0 Å². The van der Waals surface area contributed by atoms with Gasteiger partial charge in [-0.15, -0.1) is 0 Å². The summed E-state index contributed by atoms with van der Waals surface area (Å²) in [5.74, 6) is -0.0618. The number of benzene rings is 1. The summed E-state index contributed by atoms with van der Waals surface area (Å²) < 4.78 is 0. The molecule has 0 aliphatic carbocycles. The average Bonchev–Trinajstić information content (AvgIpc) is 2.56. The zero-order chi connectivity index (χ0) is 17.5. The predicted octanol–water partition coefficient (Wildman–Crippen LogP) is 2.66. The number of carbonyl (C=O) groups is 2. The molecule has 0 fully saturated rings. The maximum atomic E-state index is 12.4. The highest BCUT2D eigenvalue weighted by atomic mass is 16.2. The van der Waals surface area contributed by atoms with E-state index in [4.69, 9.17) is 5.73 Å². The van der Waals surface area contributed by atoms with Crippen molar-refractivity contribution in [3.63, 3.8) is 0 Å². The highest BCUT2D eigenvalue weighted by Gasteiger charge is 2.32. The van der Waals surface area contributed by atoms with Crippen LogP contribution in [0.3, 0.4) is 0 Å². The number of rotatable bonds is 8. The van der Waals surface area contributed by atoms with E-state index >= 15 is 0 Å². The van der Waals surface area contributed by atoms with Crippen molar-refractivity contribution in [1.29, 1.82) is 0 Å². The molecule has 0 aliphatic rings. The van der Waals surface area contributed by atoms with Gasteiger partial charge in [-0.25, -0.2) is 0 Å². The smallest absolute Gasteiger partial charge is 0.227 e. The Balaban J connectivity index is 2.62. The molecule has 0 atom stereocenters. The topological polar surface area (TPSA) is 84.2 Å². The van der Waals surface area contributed by atoms with Gasteiger partial charge in [0, 0.05) is 24.7 Å². The third-order valence-electron chi connectivity index (χ3n) is 4.42. The van der Waals surface area contributed by atoms with Crippen LogP contribution in [0.1, 0.15) is 46.1 Å². The summed E-state index contributed by atoms with van der Waals surface area (Å²) in [5.41, 5.74) is 7.05. The Morgan fingerprint density at radius 2 is 1.70 bits per heavy atom. The molecule has 4 N–H and O–H groups in total. The van der Waals surface area contributed by atoms with E-state index in [1.807, 2.05) is 52.0 Å². The van der Waals surface area contributed by atoms with Crippen molar-refractivity contribution in [1.82, 2.24) is 5.32 Å². The van der Waals surface area contributed by atoms with Crippen LogP contribution in [-0.4, -0.2) is 18.4 Å². The minimum atomic E-state index is -0.481. The Morgan fingerprint density at radius 3 is 2.13 bits per heavy atom. The van der Waals surface area contributed by atoms with Crippen molar-refractivity contribution in [3.05, 3.63) is 29.8 Å². The van der Waals surface area contributed by atoms with Crippen LogP contribution >= 0.6 is 0 Å². The molecule has 0 bridgehead atoms. The second-order valence-corrected chi connectivity index (χ2v) is 6.22. The van der Waals surface area contributed by atoms with Crippen molar-refractivity contribution >= 4 is 17.5 Å². The van der Waals surface area contributed by atoms with Gasteiger partial charge in [-0.3, -0.25) is 9.59 Å². The maximum Gasteiger partial charge on any atom is 0.227 e. The van der Waals surface area contributed by atoms with Crippen molar-refractivity contribution in [2.24, 2.45) is 17.1 Å². The Kier molecular flexibility index (Phi) is 7.23. The first-order valence-electron chi connectivity index (χ1n) is 8.26. The van der Waals surface area contributed by atoms with E-state index in [9.17, 15) is 9.59 Å². The molecule has 1 rings (SSSR count). The highest BCUT2D eigenvalue weighted by Crippen LogP contribution is 2.25. The highest BCUT2D eigenvalue weighted by molar-refractivity contribution is 5.92. The van der Waals surface area contributed by atoms with Crippen molar-refractivity contribution in [2.75, 3.05) is 11.9 Å². The van der Waals surface area contributed by atoms with Crippen LogP contribution < -0.4 is 16.4 Å². The maximum absolute atomic E-state index is 12.4. The van der Waals surface area contributed by atoms with E-state index in [0.29, 0.717) is 13.1 Å². The minimum Gasteiger partial charge on any atom is -0.352 e. The fourth-order valence-electron chi connectivity index (χ4n) is 2.31. The predicted molar refractivity (Wildman–Crippen MR) is 93.8 cm³/mol. The van der Waals surface area contributed by atoms with Gasteiger partial charge in [0.1, 0.15) is 0 Å². The van der Waals surface area contributed by atoms with Crippen LogP contribution in [0, 0.1) is 11.3 Å². The molecule has 0 heterocycles. The lowest BCUT2D eigenvalue weighted by atomic mass is 9.81. The summed E-state index contributed by atoms with van der Waals surface area (Å²) in [4.78, 5) is 24.0. The molecule has 0 saturated carbocycles. The van der Waals surface area contributed by atoms with Crippen LogP contribution in [0.25, 0.3) is 0 Å². The fourth-order valence-corrected chi connectivity index (χ4v) is 2.31.